The molecule has 2 fully saturated rings. The third-order valence-corrected chi connectivity index (χ3v) is 8.55. The lowest BCUT2D eigenvalue weighted by atomic mass is 9.95. The van der Waals surface area contributed by atoms with Crippen molar-refractivity contribution in [3.8, 4) is 0 Å². The first-order chi connectivity index (χ1) is 20.7. The van der Waals surface area contributed by atoms with E-state index in [9.17, 15) is 19.2 Å². The highest BCUT2D eigenvalue weighted by molar-refractivity contribution is 5.97. The first-order valence-corrected chi connectivity index (χ1v) is 15.0. The molecule has 5 N–H and O–H groups in total. The van der Waals surface area contributed by atoms with Crippen LogP contribution in [0.1, 0.15) is 48.0 Å². The Balaban J connectivity index is 1.35. The zero-order valence-corrected chi connectivity index (χ0v) is 24.8. The number of hydrogen-bond acceptors (Lipinski definition) is 5. The Kier molecular flexibility index (Phi) is 9.18. The summed E-state index contributed by atoms with van der Waals surface area (Å²) in [5.41, 5.74) is 8.97. The molecule has 1 saturated heterocycles. The Bertz CT molecular complexity index is 1460. The number of piperazine rings is 1. The van der Waals surface area contributed by atoms with Crippen molar-refractivity contribution >= 4 is 40.3 Å². The van der Waals surface area contributed by atoms with Crippen molar-refractivity contribution < 1.29 is 19.2 Å². The van der Waals surface area contributed by atoms with E-state index in [0.717, 1.165) is 54.3 Å². The van der Waals surface area contributed by atoms with Gasteiger partial charge in [0.2, 0.25) is 11.8 Å². The number of primary amides is 1. The van der Waals surface area contributed by atoms with Crippen LogP contribution in [0.25, 0.3) is 10.9 Å². The van der Waals surface area contributed by atoms with Crippen LogP contribution in [0, 0.1) is 0 Å². The minimum Gasteiger partial charge on any atom is -0.378 e. The number of para-hydroxylation sites is 1. The normalized spacial score (nSPS) is 18.2. The van der Waals surface area contributed by atoms with E-state index in [4.69, 9.17) is 5.73 Å². The number of nitrogens with one attached hydrogen (secondary N) is 3. The maximum absolute atomic E-state index is 13.8. The number of H-pyrrole nitrogens is 1. The van der Waals surface area contributed by atoms with Gasteiger partial charge in [0.15, 0.2) is 0 Å². The maximum Gasteiger partial charge on any atom is 0.318 e. The van der Waals surface area contributed by atoms with Crippen LogP contribution in [0.3, 0.4) is 0 Å². The van der Waals surface area contributed by atoms with Crippen molar-refractivity contribution in [2.24, 2.45) is 5.73 Å². The summed E-state index contributed by atoms with van der Waals surface area (Å²) < 4.78 is 0. The van der Waals surface area contributed by atoms with E-state index in [2.05, 4.69) is 15.6 Å². The number of urea groups is 1. The van der Waals surface area contributed by atoms with Crippen LogP contribution in [-0.4, -0.2) is 90.4 Å². The highest BCUT2D eigenvalue weighted by Gasteiger charge is 2.39. The molecule has 2 unspecified atom stereocenters. The summed E-state index contributed by atoms with van der Waals surface area (Å²) in [4.78, 5) is 61.6. The van der Waals surface area contributed by atoms with Crippen molar-refractivity contribution in [2.45, 2.75) is 56.7 Å². The van der Waals surface area contributed by atoms with Crippen LogP contribution in [0.15, 0.2) is 54.7 Å². The zero-order chi connectivity index (χ0) is 30.5. The summed E-state index contributed by atoms with van der Waals surface area (Å²) in [6.07, 6.45) is 7.05. The lowest BCUT2D eigenvalue weighted by molar-refractivity contribution is -0.131. The Labute approximate surface area is 251 Å². The van der Waals surface area contributed by atoms with Gasteiger partial charge in [-0.25, -0.2) is 4.79 Å². The number of aromatic amines is 1. The number of carbonyl (C=O) groups excluding carboxylic acids is 4. The largest absolute Gasteiger partial charge is 0.378 e. The van der Waals surface area contributed by atoms with Gasteiger partial charge in [0.05, 0.1) is 6.54 Å². The molecule has 2 aliphatic rings. The van der Waals surface area contributed by atoms with Crippen LogP contribution in [0.4, 0.5) is 10.5 Å². The fourth-order valence-corrected chi connectivity index (χ4v) is 6.04. The van der Waals surface area contributed by atoms with Gasteiger partial charge in [0.25, 0.3) is 5.91 Å². The summed E-state index contributed by atoms with van der Waals surface area (Å²) in [6, 6.07) is 12.7. The van der Waals surface area contributed by atoms with Crippen molar-refractivity contribution in [1.82, 2.24) is 25.4 Å². The molecular weight excluding hydrogens is 546 g/mol. The fraction of sp³-hybridized carbons (Fsp3) is 0.438. The van der Waals surface area contributed by atoms with E-state index in [1.165, 1.54) is 4.90 Å². The van der Waals surface area contributed by atoms with Crippen LogP contribution in [0.2, 0.25) is 0 Å². The molecule has 0 bridgehead atoms. The van der Waals surface area contributed by atoms with Gasteiger partial charge in [-0.15, -0.1) is 0 Å². The molecule has 5 amide bonds. The lowest BCUT2D eigenvalue weighted by Crippen LogP contribution is -2.65. The SMILES string of the molecule is CN(C)c1ccc(C(=O)N2CCN(C(=O)NC3CCCCC3)C(C(=O)NC(Cc3c[nH]c4ccccc34)C(N)=O)C2)cc1. The van der Waals surface area contributed by atoms with Crippen LogP contribution in [-0.2, 0) is 16.0 Å². The van der Waals surface area contributed by atoms with Crippen LogP contribution >= 0.6 is 0 Å². The third-order valence-electron chi connectivity index (χ3n) is 8.55. The van der Waals surface area contributed by atoms with Crippen molar-refractivity contribution in [3.05, 3.63) is 65.9 Å². The monoisotopic (exact) mass is 587 g/mol. The molecule has 1 aliphatic heterocycles. The average Bonchev–Trinajstić information content (AvgIpc) is 3.43. The molecule has 2 heterocycles. The molecule has 3 aromatic rings. The average molecular weight is 588 g/mol. The Hall–Kier alpha value is -4.54. The predicted molar refractivity (Wildman–Crippen MR) is 166 cm³/mol. The van der Waals surface area contributed by atoms with E-state index >= 15 is 0 Å². The van der Waals surface area contributed by atoms with E-state index in [1.807, 2.05) is 55.4 Å². The van der Waals surface area contributed by atoms with Crippen LogP contribution in [0.5, 0.6) is 0 Å². The molecule has 1 aliphatic carbocycles. The summed E-state index contributed by atoms with van der Waals surface area (Å²) in [5, 5.41) is 6.84. The van der Waals surface area contributed by atoms with Gasteiger partial charge in [-0.3, -0.25) is 14.4 Å². The zero-order valence-electron chi connectivity index (χ0n) is 24.8. The van der Waals surface area contributed by atoms with Gasteiger partial charge in [-0.1, -0.05) is 37.5 Å². The number of anilines is 1. The highest BCUT2D eigenvalue weighted by atomic mass is 16.2. The fourth-order valence-electron chi connectivity index (χ4n) is 6.04. The molecule has 2 aromatic carbocycles. The van der Waals surface area contributed by atoms with Crippen LogP contribution < -0.4 is 21.3 Å². The second kappa shape index (κ2) is 13.2. The Morgan fingerprint density at radius 3 is 2.42 bits per heavy atom. The lowest BCUT2D eigenvalue weighted by Gasteiger charge is -2.41. The number of nitrogens with two attached hydrogens (primary N) is 1. The van der Waals surface area contributed by atoms with Crippen molar-refractivity contribution in [3.63, 3.8) is 0 Å². The minimum absolute atomic E-state index is 0.00322. The summed E-state index contributed by atoms with van der Waals surface area (Å²) in [6.45, 7) is 0.462. The van der Waals surface area contributed by atoms with E-state index in [0.29, 0.717) is 5.56 Å². The van der Waals surface area contributed by atoms with Gasteiger partial charge >= 0.3 is 6.03 Å². The van der Waals surface area contributed by atoms with Gasteiger partial charge in [0, 0.05) is 68.0 Å². The molecule has 0 radical (unpaired) electrons. The topological polar surface area (TPSA) is 144 Å². The second-order valence-corrected chi connectivity index (χ2v) is 11.7. The minimum atomic E-state index is -1.00. The van der Waals surface area contributed by atoms with E-state index in [-0.39, 0.29) is 44.0 Å². The van der Waals surface area contributed by atoms with Crippen molar-refractivity contribution in [2.75, 3.05) is 38.6 Å². The van der Waals surface area contributed by atoms with Gasteiger partial charge < -0.3 is 36.1 Å². The van der Waals surface area contributed by atoms with E-state index < -0.39 is 23.9 Å². The summed E-state index contributed by atoms with van der Waals surface area (Å²) in [7, 11) is 3.85. The number of hydrogen-bond donors (Lipinski definition) is 4. The molecule has 2 atom stereocenters. The number of rotatable bonds is 8. The smallest absolute Gasteiger partial charge is 0.318 e. The van der Waals surface area contributed by atoms with Gasteiger partial charge in [-0.2, -0.15) is 0 Å². The molecule has 228 valence electrons. The van der Waals surface area contributed by atoms with Gasteiger partial charge in [-0.05, 0) is 48.7 Å². The molecule has 11 nitrogen and oxygen atoms in total. The first-order valence-electron chi connectivity index (χ1n) is 15.0. The summed E-state index contributed by atoms with van der Waals surface area (Å²) >= 11 is 0. The Morgan fingerprint density at radius 2 is 1.72 bits per heavy atom. The molecule has 0 spiro atoms. The number of nitrogens with zero attached hydrogens (tertiary/aromatic N) is 3. The Morgan fingerprint density at radius 1 is 1.00 bits per heavy atom. The maximum atomic E-state index is 13.8. The predicted octanol–water partition coefficient (Wildman–Crippen LogP) is 2.62. The number of fused-ring (bicyclic) bond motifs is 1. The number of aromatic nitrogens is 1. The van der Waals surface area contributed by atoms with Gasteiger partial charge in [0.1, 0.15) is 12.1 Å². The third kappa shape index (κ3) is 6.93. The number of amides is 5. The van der Waals surface area contributed by atoms with E-state index in [1.54, 1.807) is 23.2 Å². The standard InChI is InChI=1S/C32H41N7O4/c1-37(2)24-14-12-21(13-15-24)31(42)38-16-17-39(32(43)35-23-8-4-3-5-9-23)28(20-38)30(41)36-27(29(33)40)18-22-19-34-26-11-7-6-10-25(22)26/h6-7,10-15,19,23,27-28,34H,3-5,8-9,16-18,20H2,1-2H3,(H2,33,40)(H,35,43)(H,36,41). The summed E-state index contributed by atoms with van der Waals surface area (Å²) in [5.74, 6) is -1.43. The molecule has 11 heteroatoms. The molecule has 1 aromatic heterocycles. The first kappa shape index (κ1) is 29.9. The second-order valence-electron chi connectivity index (χ2n) is 11.7. The quantitative estimate of drug-likeness (QED) is 0.320. The molecular formula is C32H41N7O4. The molecule has 5 rings (SSSR count). The molecule has 43 heavy (non-hydrogen) atoms. The molecule has 1 saturated carbocycles. The van der Waals surface area contributed by atoms with Crippen molar-refractivity contribution in [1.29, 1.82) is 0 Å². The number of carbonyl (C=O) groups is 4. The number of benzene rings is 2. The highest BCUT2D eigenvalue weighted by Crippen LogP contribution is 2.22.